The molecule has 3 aromatic rings. The molecule has 0 spiro atoms. The van der Waals surface area contributed by atoms with Gasteiger partial charge in [-0.05, 0) is 53.1 Å². The van der Waals surface area contributed by atoms with Crippen LogP contribution in [0.5, 0.6) is 17.2 Å². The van der Waals surface area contributed by atoms with Gasteiger partial charge in [0.05, 0.1) is 41.2 Å². The lowest BCUT2D eigenvalue weighted by atomic mass is 9.85. The van der Waals surface area contributed by atoms with E-state index < -0.39 is 42.3 Å². The van der Waals surface area contributed by atoms with E-state index >= 15 is 0 Å². The highest BCUT2D eigenvalue weighted by Crippen LogP contribution is 2.30. The summed E-state index contributed by atoms with van der Waals surface area (Å²) < 4.78 is 39.5. The monoisotopic (exact) mass is 580 g/mol. The Morgan fingerprint density at radius 3 is 1.38 bits per heavy atom. The van der Waals surface area contributed by atoms with Crippen molar-refractivity contribution >= 4 is 11.8 Å². The summed E-state index contributed by atoms with van der Waals surface area (Å²) in [7, 11) is 4.73. The highest BCUT2D eigenvalue weighted by atomic mass is 16.6. The molecule has 1 N–H and O–H groups in total. The van der Waals surface area contributed by atoms with Gasteiger partial charge in [-0.2, -0.15) is 0 Å². The maximum atomic E-state index is 13.6. The molecule has 0 aliphatic heterocycles. The lowest BCUT2D eigenvalue weighted by molar-refractivity contribution is -0.225. The van der Waals surface area contributed by atoms with Crippen LogP contribution in [-0.2, 0) is 48.4 Å². The number of rotatable bonds is 13. The number of ether oxygens (including phenoxy) is 7. The molecule has 0 aromatic heterocycles. The van der Waals surface area contributed by atoms with E-state index in [0.717, 1.165) is 16.7 Å². The summed E-state index contributed by atoms with van der Waals surface area (Å²) in [6, 6.07) is 21.7. The molecule has 5 atom stereocenters. The predicted octanol–water partition coefficient (Wildman–Crippen LogP) is 3.64. The van der Waals surface area contributed by atoms with Gasteiger partial charge >= 0.3 is 5.97 Å². The predicted molar refractivity (Wildman–Crippen MR) is 151 cm³/mol. The Hall–Kier alpha value is -3.96. The average molecular weight is 581 g/mol. The number of hydrogen-bond donors (Lipinski definition) is 1. The molecule has 0 bridgehead atoms. The van der Waals surface area contributed by atoms with E-state index in [1.54, 1.807) is 57.7 Å². The fraction of sp³-hybridized carbons (Fsp3) is 0.375. The van der Waals surface area contributed by atoms with E-state index in [1.807, 2.05) is 36.4 Å². The number of aliphatic hydroxyl groups excluding tert-OH is 1. The van der Waals surface area contributed by atoms with Crippen molar-refractivity contribution in [1.82, 2.24) is 0 Å². The summed E-state index contributed by atoms with van der Waals surface area (Å²) in [5, 5.41) is 11.3. The molecule has 10 nitrogen and oxygen atoms in total. The molecule has 0 radical (unpaired) electrons. The van der Waals surface area contributed by atoms with Crippen LogP contribution < -0.4 is 14.2 Å². The fourth-order valence-electron chi connectivity index (χ4n) is 4.63. The van der Waals surface area contributed by atoms with E-state index in [1.165, 1.54) is 6.92 Å². The SMILES string of the molecule is COc1ccc(CO[C@@H]2[C@@H](OCc3ccc(OC)cc3)[C@@H](O)[C@@H](OC(C)=O)C(=O)[C@H]2OCc2ccc(OC)cc2)cc1. The molecule has 4 rings (SSSR count). The zero-order valence-corrected chi connectivity index (χ0v) is 24.1. The van der Waals surface area contributed by atoms with Gasteiger partial charge in [0, 0.05) is 6.92 Å². The third kappa shape index (κ3) is 7.86. The van der Waals surface area contributed by atoms with Crippen LogP contribution in [-0.4, -0.2) is 68.7 Å². The van der Waals surface area contributed by atoms with Crippen LogP contribution in [0.1, 0.15) is 23.6 Å². The number of hydrogen-bond acceptors (Lipinski definition) is 10. The molecule has 0 heterocycles. The first-order valence-corrected chi connectivity index (χ1v) is 13.5. The summed E-state index contributed by atoms with van der Waals surface area (Å²) in [4.78, 5) is 25.5. The number of carbonyl (C=O) groups excluding carboxylic acids is 2. The highest BCUT2D eigenvalue weighted by Gasteiger charge is 2.53. The maximum absolute atomic E-state index is 13.6. The van der Waals surface area contributed by atoms with Gasteiger partial charge in [0.2, 0.25) is 5.78 Å². The molecule has 1 aliphatic rings. The average Bonchev–Trinajstić information content (AvgIpc) is 3.02. The van der Waals surface area contributed by atoms with Crippen molar-refractivity contribution in [3.63, 3.8) is 0 Å². The van der Waals surface area contributed by atoms with Gasteiger partial charge in [0.1, 0.15) is 41.7 Å². The van der Waals surface area contributed by atoms with Crippen molar-refractivity contribution in [2.45, 2.75) is 57.3 Å². The summed E-state index contributed by atoms with van der Waals surface area (Å²) in [6.07, 6.45) is -6.31. The molecule has 1 aliphatic carbocycles. The minimum absolute atomic E-state index is 0.0525. The van der Waals surface area contributed by atoms with Crippen molar-refractivity contribution in [3.05, 3.63) is 89.5 Å². The molecule has 1 saturated carbocycles. The second-order valence-corrected chi connectivity index (χ2v) is 9.75. The Balaban J connectivity index is 1.61. The van der Waals surface area contributed by atoms with Gasteiger partial charge in [-0.3, -0.25) is 9.59 Å². The molecule has 42 heavy (non-hydrogen) atoms. The van der Waals surface area contributed by atoms with E-state index in [-0.39, 0.29) is 19.8 Å². The number of methoxy groups -OCH3 is 3. The van der Waals surface area contributed by atoms with Crippen molar-refractivity contribution in [2.75, 3.05) is 21.3 Å². The first-order valence-electron chi connectivity index (χ1n) is 13.5. The van der Waals surface area contributed by atoms with Gasteiger partial charge in [-0.15, -0.1) is 0 Å². The fourth-order valence-corrected chi connectivity index (χ4v) is 4.63. The summed E-state index contributed by atoms with van der Waals surface area (Å²) in [5.74, 6) is 0.721. The number of aliphatic hydroxyl groups is 1. The number of benzene rings is 3. The number of ketones is 1. The van der Waals surface area contributed by atoms with Gasteiger partial charge < -0.3 is 38.3 Å². The maximum Gasteiger partial charge on any atom is 0.303 e. The Bertz CT molecular complexity index is 1290. The van der Waals surface area contributed by atoms with E-state index in [4.69, 9.17) is 33.2 Å². The minimum atomic E-state index is -1.50. The number of carbonyl (C=O) groups is 2. The molecule has 0 unspecified atom stereocenters. The first kappa shape index (κ1) is 31.0. The quantitative estimate of drug-likeness (QED) is 0.300. The third-order valence-corrected chi connectivity index (χ3v) is 6.91. The molecule has 3 aromatic carbocycles. The van der Waals surface area contributed by atoms with Crippen LogP contribution >= 0.6 is 0 Å². The van der Waals surface area contributed by atoms with Crippen molar-refractivity contribution in [2.24, 2.45) is 0 Å². The van der Waals surface area contributed by atoms with E-state index in [9.17, 15) is 14.7 Å². The normalized spacial score (nSPS) is 21.9. The van der Waals surface area contributed by atoms with Crippen LogP contribution in [0.15, 0.2) is 72.8 Å². The molecule has 1 fully saturated rings. The van der Waals surface area contributed by atoms with Crippen LogP contribution in [0.3, 0.4) is 0 Å². The van der Waals surface area contributed by atoms with Crippen LogP contribution in [0.2, 0.25) is 0 Å². The van der Waals surface area contributed by atoms with Crippen LogP contribution in [0.4, 0.5) is 0 Å². The van der Waals surface area contributed by atoms with E-state index in [0.29, 0.717) is 17.2 Å². The Morgan fingerprint density at radius 2 is 1.00 bits per heavy atom. The zero-order valence-electron chi connectivity index (χ0n) is 24.1. The van der Waals surface area contributed by atoms with Gasteiger partial charge in [0.15, 0.2) is 6.10 Å². The van der Waals surface area contributed by atoms with Gasteiger partial charge in [0.25, 0.3) is 0 Å². The number of esters is 1. The lowest BCUT2D eigenvalue weighted by Gasteiger charge is -2.42. The van der Waals surface area contributed by atoms with Crippen molar-refractivity contribution < 1.29 is 47.9 Å². The molecule has 10 heteroatoms. The second-order valence-electron chi connectivity index (χ2n) is 9.75. The zero-order chi connectivity index (χ0) is 30.1. The Morgan fingerprint density at radius 1 is 0.619 bits per heavy atom. The Labute approximate surface area is 245 Å². The summed E-state index contributed by atoms with van der Waals surface area (Å²) in [6.45, 7) is 1.40. The Kier molecular flexibility index (Phi) is 10.9. The molecular weight excluding hydrogens is 544 g/mol. The first-order chi connectivity index (χ1) is 20.3. The van der Waals surface area contributed by atoms with Crippen LogP contribution in [0, 0.1) is 0 Å². The minimum Gasteiger partial charge on any atom is -0.497 e. The van der Waals surface area contributed by atoms with Gasteiger partial charge in [-0.25, -0.2) is 0 Å². The lowest BCUT2D eigenvalue weighted by Crippen LogP contribution is -2.64. The number of Topliss-reactive ketones (excluding diaryl/α,β-unsaturated/α-hetero) is 1. The largest absolute Gasteiger partial charge is 0.497 e. The highest BCUT2D eigenvalue weighted by molar-refractivity contribution is 5.91. The van der Waals surface area contributed by atoms with Gasteiger partial charge in [-0.1, -0.05) is 36.4 Å². The molecule has 0 amide bonds. The molecular formula is C32H36O10. The topological polar surface area (TPSA) is 119 Å². The van der Waals surface area contributed by atoms with E-state index in [2.05, 4.69) is 0 Å². The smallest absolute Gasteiger partial charge is 0.303 e. The molecule has 0 saturated heterocycles. The third-order valence-electron chi connectivity index (χ3n) is 6.91. The molecule has 224 valence electrons. The standard InChI is InChI=1S/C32H36O10/c1-20(33)42-29-27(34)30(39-17-21-5-11-24(36-2)12-6-21)32(41-19-23-9-15-26(38-4)16-10-23)31(28(29)35)40-18-22-7-13-25(37-3)14-8-22/h5-16,27,29-32,34H,17-19H2,1-4H3/t27-,29+,30-,31+,32+/m0/s1. The summed E-state index contributed by atoms with van der Waals surface area (Å²) >= 11 is 0. The summed E-state index contributed by atoms with van der Waals surface area (Å²) in [5.41, 5.74) is 2.39. The van der Waals surface area contributed by atoms with Crippen molar-refractivity contribution in [3.8, 4) is 17.2 Å². The van der Waals surface area contributed by atoms with Crippen LogP contribution in [0.25, 0.3) is 0 Å². The van der Waals surface area contributed by atoms with Crippen molar-refractivity contribution in [1.29, 1.82) is 0 Å². The second kappa shape index (κ2) is 14.8.